The van der Waals surface area contributed by atoms with E-state index in [1.807, 2.05) is 30.3 Å². The molecule has 0 saturated heterocycles. The van der Waals surface area contributed by atoms with Crippen molar-refractivity contribution in [1.29, 1.82) is 0 Å². The van der Waals surface area contributed by atoms with E-state index in [9.17, 15) is 19.2 Å². The number of aryl methyl sites for hydroxylation is 1. The van der Waals surface area contributed by atoms with Crippen LogP contribution in [0.15, 0.2) is 36.5 Å². The summed E-state index contributed by atoms with van der Waals surface area (Å²) < 4.78 is 0. The molecule has 0 fully saturated rings. The standard InChI is InChI=1S/C21H25N3O6/c1-12(2)19(20(28)23-16(21(29)30)11-18(26)27)24-17(25)8-7-13-9-10-22-15-6-4-3-5-14(13)15/h3-6,9-10,12,16,19H,7-8,11H2,1-2H3,(H,23,28)(H,24,25)(H,26,27)(H,29,30)/t16-,19-/m0/s1. The lowest BCUT2D eigenvalue weighted by molar-refractivity contribution is -0.147. The Morgan fingerprint density at radius 1 is 1.03 bits per heavy atom. The van der Waals surface area contributed by atoms with Crippen molar-refractivity contribution >= 4 is 34.7 Å². The molecular formula is C21H25N3O6. The highest BCUT2D eigenvalue weighted by molar-refractivity contribution is 5.92. The van der Waals surface area contributed by atoms with Gasteiger partial charge >= 0.3 is 11.9 Å². The van der Waals surface area contributed by atoms with Gasteiger partial charge in [-0.3, -0.25) is 19.4 Å². The molecule has 2 rings (SSSR count). The summed E-state index contributed by atoms with van der Waals surface area (Å²) in [5.41, 5.74) is 1.78. The first kappa shape index (κ1) is 22.8. The monoisotopic (exact) mass is 415 g/mol. The molecule has 30 heavy (non-hydrogen) atoms. The topological polar surface area (TPSA) is 146 Å². The predicted molar refractivity (Wildman–Crippen MR) is 109 cm³/mol. The van der Waals surface area contributed by atoms with Crippen LogP contribution in [0.4, 0.5) is 0 Å². The third-order valence-corrected chi connectivity index (χ3v) is 4.62. The summed E-state index contributed by atoms with van der Waals surface area (Å²) >= 11 is 0. The number of carboxylic acids is 2. The summed E-state index contributed by atoms with van der Waals surface area (Å²) in [6.07, 6.45) is 1.49. The maximum absolute atomic E-state index is 12.5. The second-order valence-corrected chi connectivity index (χ2v) is 7.27. The number of amides is 2. The molecule has 2 atom stereocenters. The van der Waals surface area contributed by atoms with E-state index in [0.29, 0.717) is 6.42 Å². The highest BCUT2D eigenvalue weighted by Crippen LogP contribution is 2.17. The van der Waals surface area contributed by atoms with Gasteiger partial charge in [-0.15, -0.1) is 0 Å². The molecule has 0 aliphatic heterocycles. The maximum Gasteiger partial charge on any atom is 0.326 e. The molecule has 0 radical (unpaired) electrons. The number of carboxylic acid groups (broad SMARTS) is 2. The zero-order valence-electron chi connectivity index (χ0n) is 16.8. The van der Waals surface area contributed by atoms with Crippen LogP contribution in [0.1, 0.15) is 32.3 Å². The van der Waals surface area contributed by atoms with Gasteiger partial charge in [-0.2, -0.15) is 0 Å². The van der Waals surface area contributed by atoms with E-state index in [1.54, 1.807) is 20.0 Å². The Kier molecular flexibility index (Phi) is 7.85. The fraction of sp³-hybridized carbons (Fsp3) is 0.381. The van der Waals surface area contributed by atoms with Crippen LogP contribution in [0, 0.1) is 5.92 Å². The Labute approximate surface area is 173 Å². The van der Waals surface area contributed by atoms with E-state index < -0.39 is 36.4 Å². The molecule has 0 bridgehead atoms. The second-order valence-electron chi connectivity index (χ2n) is 7.27. The van der Waals surface area contributed by atoms with Crippen LogP contribution in [-0.2, 0) is 25.6 Å². The van der Waals surface area contributed by atoms with Crippen molar-refractivity contribution in [1.82, 2.24) is 15.6 Å². The lowest BCUT2D eigenvalue weighted by atomic mass is 10.0. The maximum atomic E-state index is 12.5. The molecule has 0 aliphatic carbocycles. The van der Waals surface area contributed by atoms with E-state index >= 15 is 0 Å². The van der Waals surface area contributed by atoms with Crippen LogP contribution in [0.5, 0.6) is 0 Å². The third-order valence-electron chi connectivity index (χ3n) is 4.62. The number of hydrogen-bond donors (Lipinski definition) is 4. The molecule has 0 unspecified atom stereocenters. The van der Waals surface area contributed by atoms with Crippen LogP contribution >= 0.6 is 0 Å². The summed E-state index contributed by atoms with van der Waals surface area (Å²) in [5, 5.41) is 23.7. The highest BCUT2D eigenvalue weighted by atomic mass is 16.4. The summed E-state index contributed by atoms with van der Waals surface area (Å²) in [6.45, 7) is 3.40. The van der Waals surface area contributed by atoms with Crippen LogP contribution < -0.4 is 10.6 Å². The molecule has 9 heteroatoms. The van der Waals surface area contributed by atoms with Gasteiger partial charge in [-0.05, 0) is 30.0 Å². The quantitative estimate of drug-likeness (QED) is 0.458. The Morgan fingerprint density at radius 2 is 1.73 bits per heavy atom. The van der Waals surface area contributed by atoms with Crippen molar-refractivity contribution in [2.45, 2.75) is 45.2 Å². The van der Waals surface area contributed by atoms with Crippen molar-refractivity contribution in [2.75, 3.05) is 0 Å². The number of hydrogen-bond acceptors (Lipinski definition) is 5. The number of benzene rings is 1. The minimum atomic E-state index is -1.57. The van der Waals surface area contributed by atoms with Gasteiger partial charge < -0.3 is 20.8 Å². The minimum Gasteiger partial charge on any atom is -0.481 e. The van der Waals surface area contributed by atoms with Crippen LogP contribution in [0.2, 0.25) is 0 Å². The van der Waals surface area contributed by atoms with Crippen molar-refractivity contribution < 1.29 is 29.4 Å². The molecular weight excluding hydrogens is 390 g/mol. The number of para-hydroxylation sites is 1. The van der Waals surface area contributed by atoms with E-state index in [0.717, 1.165) is 16.5 Å². The number of nitrogens with zero attached hydrogens (tertiary/aromatic N) is 1. The van der Waals surface area contributed by atoms with Gasteiger partial charge in [0.05, 0.1) is 11.9 Å². The zero-order valence-corrected chi connectivity index (χ0v) is 16.8. The summed E-state index contributed by atoms with van der Waals surface area (Å²) in [6, 6.07) is 6.86. The first-order chi connectivity index (χ1) is 14.2. The van der Waals surface area contributed by atoms with E-state index in [2.05, 4.69) is 15.6 Å². The number of fused-ring (bicyclic) bond motifs is 1. The Balaban J connectivity index is 2.01. The Morgan fingerprint density at radius 3 is 2.37 bits per heavy atom. The Bertz CT molecular complexity index is 938. The fourth-order valence-electron chi connectivity index (χ4n) is 3.04. The predicted octanol–water partition coefficient (Wildman–Crippen LogP) is 1.35. The van der Waals surface area contributed by atoms with Crippen LogP contribution in [-0.4, -0.2) is 51.0 Å². The van der Waals surface area contributed by atoms with Crippen molar-refractivity contribution in [3.05, 3.63) is 42.1 Å². The molecule has 9 nitrogen and oxygen atoms in total. The van der Waals surface area contributed by atoms with Crippen LogP contribution in [0.3, 0.4) is 0 Å². The molecule has 4 N–H and O–H groups in total. The van der Waals surface area contributed by atoms with Gasteiger partial charge in [0.2, 0.25) is 11.8 Å². The molecule has 1 heterocycles. The van der Waals surface area contributed by atoms with Gasteiger partial charge in [-0.1, -0.05) is 32.0 Å². The molecule has 2 aromatic rings. The number of pyridine rings is 1. The smallest absolute Gasteiger partial charge is 0.326 e. The molecule has 0 spiro atoms. The fourth-order valence-corrected chi connectivity index (χ4v) is 3.04. The molecule has 2 amide bonds. The van der Waals surface area contributed by atoms with Gasteiger partial charge in [0.15, 0.2) is 0 Å². The molecule has 1 aromatic heterocycles. The number of aromatic nitrogens is 1. The number of carbonyl (C=O) groups excluding carboxylic acids is 2. The summed E-state index contributed by atoms with van der Waals surface area (Å²) in [5.74, 6) is -4.23. The lowest BCUT2D eigenvalue weighted by Crippen LogP contribution is -2.54. The summed E-state index contributed by atoms with van der Waals surface area (Å²) in [7, 11) is 0. The average Bonchev–Trinajstić information content (AvgIpc) is 2.69. The number of aliphatic carboxylic acids is 2. The van der Waals surface area contributed by atoms with Crippen molar-refractivity contribution in [3.63, 3.8) is 0 Å². The second kappa shape index (κ2) is 10.3. The average molecular weight is 415 g/mol. The van der Waals surface area contributed by atoms with E-state index in [-0.39, 0.29) is 18.2 Å². The molecule has 0 saturated carbocycles. The first-order valence-electron chi connectivity index (χ1n) is 9.56. The van der Waals surface area contributed by atoms with Gasteiger partial charge in [0.25, 0.3) is 0 Å². The van der Waals surface area contributed by atoms with Gasteiger partial charge in [0.1, 0.15) is 12.1 Å². The van der Waals surface area contributed by atoms with E-state index in [4.69, 9.17) is 10.2 Å². The zero-order chi connectivity index (χ0) is 22.3. The first-order valence-corrected chi connectivity index (χ1v) is 9.56. The number of carbonyl (C=O) groups is 4. The molecule has 160 valence electrons. The SMILES string of the molecule is CC(C)[C@H](NC(=O)CCc1ccnc2ccccc12)C(=O)N[C@@H](CC(=O)O)C(=O)O. The largest absolute Gasteiger partial charge is 0.481 e. The minimum absolute atomic E-state index is 0.127. The Hall–Kier alpha value is -3.49. The molecule has 1 aromatic carbocycles. The lowest BCUT2D eigenvalue weighted by Gasteiger charge is -2.23. The highest BCUT2D eigenvalue weighted by Gasteiger charge is 2.29. The summed E-state index contributed by atoms with van der Waals surface area (Å²) in [4.78, 5) is 51.2. The normalized spacial score (nSPS) is 12.9. The van der Waals surface area contributed by atoms with E-state index in [1.165, 1.54) is 0 Å². The number of nitrogens with one attached hydrogen (secondary N) is 2. The number of rotatable bonds is 10. The third kappa shape index (κ3) is 6.26. The van der Waals surface area contributed by atoms with Crippen molar-refractivity contribution in [2.24, 2.45) is 5.92 Å². The molecule has 0 aliphatic rings. The van der Waals surface area contributed by atoms with Gasteiger partial charge in [-0.25, -0.2) is 4.79 Å². The van der Waals surface area contributed by atoms with Crippen molar-refractivity contribution in [3.8, 4) is 0 Å². The van der Waals surface area contributed by atoms with Crippen LogP contribution in [0.25, 0.3) is 10.9 Å². The van der Waals surface area contributed by atoms with Gasteiger partial charge in [0, 0.05) is 18.0 Å².